The van der Waals surface area contributed by atoms with Gasteiger partial charge in [-0.15, -0.1) is 0 Å². The molecule has 0 fully saturated rings. The van der Waals surface area contributed by atoms with Gasteiger partial charge in [0.15, 0.2) is 5.65 Å². The molecule has 0 saturated carbocycles. The molecule has 0 saturated heterocycles. The van der Waals surface area contributed by atoms with Gasteiger partial charge in [-0.25, -0.2) is 4.98 Å². The first kappa shape index (κ1) is 17.6. The maximum absolute atomic E-state index is 6.23. The summed E-state index contributed by atoms with van der Waals surface area (Å²) in [4.78, 5) is 15.1. The lowest BCUT2D eigenvalue weighted by atomic mass is 10.1. The smallest absolute Gasteiger partial charge is 0.202 e. The van der Waals surface area contributed by atoms with Gasteiger partial charge in [-0.2, -0.15) is 4.98 Å². The number of imidazole rings is 1. The van der Waals surface area contributed by atoms with Gasteiger partial charge < -0.3 is 25.3 Å². The first-order chi connectivity index (χ1) is 13.2. The van der Waals surface area contributed by atoms with Crippen LogP contribution in [0.5, 0.6) is 5.75 Å². The second kappa shape index (κ2) is 7.85. The van der Waals surface area contributed by atoms with Crippen molar-refractivity contribution in [1.29, 1.82) is 0 Å². The molecule has 0 amide bonds. The highest BCUT2D eigenvalue weighted by molar-refractivity contribution is 6.35. The van der Waals surface area contributed by atoms with Crippen LogP contribution in [-0.4, -0.2) is 40.1 Å². The fraction of sp³-hybridized carbons (Fsp3) is 0.263. The van der Waals surface area contributed by atoms with Crippen LogP contribution in [-0.2, 0) is 6.54 Å². The van der Waals surface area contributed by atoms with Gasteiger partial charge in [0.05, 0.1) is 23.2 Å². The summed E-state index contributed by atoms with van der Waals surface area (Å²) < 4.78 is 5.38. The summed E-state index contributed by atoms with van der Waals surface area (Å²) in [5, 5.41) is 8.44. The summed E-state index contributed by atoms with van der Waals surface area (Å²) in [5.74, 6) is 1.56. The van der Waals surface area contributed by atoms with Crippen LogP contribution in [0.15, 0.2) is 36.7 Å². The SMILES string of the molecule is COc1cc(CNCCCNc2nc3ncccc3[nH]2)c2[nH]cc(Cl)c2c1. The van der Waals surface area contributed by atoms with Gasteiger partial charge in [-0.3, -0.25) is 0 Å². The number of anilines is 1. The van der Waals surface area contributed by atoms with E-state index in [2.05, 4.69) is 30.6 Å². The standard InChI is InChI=1S/C19H21ClN6O/c1-27-13-8-12(17-14(9-13)15(20)11-24-17)10-21-5-3-7-23-19-25-16-4-2-6-22-18(16)26-19/h2,4,6,8-9,11,21,24H,3,5,7,10H2,1H3,(H2,22,23,25,26). The van der Waals surface area contributed by atoms with Crippen molar-refractivity contribution in [3.05, 3.63) is 47.2 Å². The summed E-state index contributed by atoms with van der Waals surface area (Å²) >= 11 is 6.23. The Kier molecular flexibility index (Phi) is 5.13. The number of methoxy groups -OCH3 is 1. The third-order valence-electron chi connectivity index (χ3n) is 4.43. The highest BCUT2D eigenvalue weighted by Crippen LogP contribution is 2.30. The van der Waals surface area contributed by atoms with E-state index in [4.69, 9.17) is 16.3 Å². The van der Waals surface area contributed by atoms with E-state index in [0.29, 0.717) is 5.02 Å². The lowest BCUT2D eigenvalue weighted by Gasteiger charge is -2.09. The summed E-state index contributed by atoms with van der Waals surface area (Å²) in [6.45, 7) is 2.42. The highest BCUT2D eigenvalue weighted by Gasteiger charge is 2.09. The average Bonchev–Trinajstić information content (AvgIpc) is 3.27. The van der Waals surface area contributed by atoms with E-state index in [9.17, 15) is 0 Å². The van der Waals surface area contributed by atoms with Crippen LogP contribution in [0.1, 0.15) is 12.0 Å². The first-order valence-corrected chi connectivity index (χ1v) is 9.21. The van der Waals surface area contributed by atoms with Crippen molar-refractivity contribution in [2.75, 3.05) is 25.5 Å². The van der Waals surface area contributed by atoms with Gasteiger partial charge in [0, 0.05) is 30.9 Å². The topological polar surface area (TPSA) is 90.7 Å². The van der Waals surface area contributed by atoms with Crippen LogP contribution < -0.4 is 15.4 Å². The number of halogens is 1. The van der Waals surface area contributed by atoms with Crippen molar-refractivity contribution in [3.8, 4) is 5.75 Å². The van der Waals surface area contributed by atoms with E-state index < -0.39 is 0 Å². The van der Waals surface area contributed by atoms with Crippen molar-refractivity contribution in [2.24, 2.45) is 0 Å². The van der Waals surface area contributed by atoms with Crippen molar-refractivity contribution >= 4 is 39.6 Å². The molecule has 0 unspecified atom stereocenters. The van der Waals surface area contributed by atoms with E-state index in [1.807, 2.05) is 24.3 Å². The monoisotopic (exact) mass is 384 g/mol. The molecular weight excluding hydrogens is 364 g/mol. The fourth-order valence-electron chi connectivity index (χ4n) is 3.07. The molecule has 0 aliphatic carbocycles. The molecule has 0 atom stereocenters. The van der Waals surface area contributed by atoms with Gasteiger partial charge in [-0.05, 0) is 42.8 Å². The van der Waals surface area contributed by atoms with Crippen LogP contribution in [0.2, 0.25) is 5.02 Å². The fourth-order valence-corrected chi connectivity index (χ4v) is 3.28. The number of ether oxygens (including phenoxy) is 1. The average molecular weight is 385 g/mol. The molecule has 0 spiro atoms. The van der Waals surface area contributed by atoms with Gasteiger partial charge >= 0.3 is 0 Å². The number of H-pyrrole nitrogens is 2. The molecule has 3 heterocycles. The Hall–Kier alpha value is -2.77. The third kappa shape index (κ3) is 3.84. The number of aromatic nitrogens is 4. The van der Waals surface area contributed by atoms with Crippen molar-refractivity contribution < 1.29 is 4.74 Å². The molecular formula is C19H21ClN6O. The van der Waals surface area contributed by atoms with Gasteiger partial charge in [0.2, 0.25) is 5.95 Å². The van der Waals surface area contributed by atoms with E-state index in [1.165, 1.54) is 0 Å². The molecule has 4 rings (SSSR count). The van der Waals surface area contributed by atoms with Crippen LogP contribution in [0.4, 0.5) is 5.95 Å². The second-order valence-electron chi connectivity index (χ2n) is 6.26. The molecule has 4 aromatic rings. The first-order valence-electron chi connectivity index (χ1n) is 8.83. The molecule has 140 valence electrons. The largest absolute Gasteiger partial charge is 0.497 e. The molecule has 3 aromatic heterocycles. The molecule has 0 bridgehead atoms. The van der Waals surface area contributed by atoms with Gasteiger partial charge in [0.25, 0.3) is 0 Å². The molecule has 0 aliphatic rings. The molecule has 4 N–H and O–H groups in total. The summed E-state index contributed by atoms with van der Waals surface area (Å²) in [5.41, 5.74) is 3.84. The zero-order valence-electron chi connectivity index (χ0n) is 15.0. The number of fused-ring (bicyclic) bond motifs is 2. The lowest BCUT2D eigenvalue weighted by Crippen LogP contribution is -2.18. The predicted molar refractivity (Wildman–Crippen MR) is 109 cm³/mol. The summed E-state index contributed by atoms with van der Waals surface area (Å²) in [6.07, 6.45) is 4.51. The Bertz CT molecular complexity index is 1020. The molecule has 0 radical (unpaired) electrons. The zero-order valence-corrected chi connectivity index (χ0v) is 15.7. The number of pyridine rings is 1. The zero-order chi connectivity index (χ0) is 18.6. The minimum atomic E-state index is 0.703. The summed E-state index contributed by atoms with van der Waals surface area (Å²) in [7, 11) is 1.66. The van der Waals surface area contributed by atoms with E-state index in [0.717, 1.165) is 65.4 Å². The Morgan fingerprint density at radius 1 is 1.26 bits per heavy atom. The molecule has 1 aromatic carbocycles. The van der Waals surface area contributed by atoms with Crippen molar-refractivity contribution in [1.82, 2.24) is 25.3 Å². The van der Waals surface area contributed by atoms with Crippen LogP contribution in [0.3, 0.4) is 0 Å². The Morgan fingerprint density at radius 2 is 2.19 bits per heavy atom. The number of nitrogens with one attached hydrogen (secondary N) is 4. The molecule has 0 aliphatic heterocycles. The van der Waals surface area contributed by atoms with Crippen LogP contribution >= 0.6 is 11.6 Å². The van der Waals surface area contributed by atoms with E-state index in [1.54, 1.807) is 19.5 Å². The number of aromatic amines is 2. The van der Waals surface area contributed by atoms with Gasteiger partial charge in [-0.1, -0.05) is 11.6 Å². The molecule has 27 heavy (non-hydrogen) atoms. The van der Waals surface area contributed by atoms with E-state index in [-0.39, 0.29) is 0 Å². The van der Waals surface area contributed by atoms with Crippen molar-refractivity contribution in [3.63, 3.8) is 0 Å². The second-order valence-corrected chi connectivity index (χ2v) is 6.67. The number of rotatable bonds is 8. The Labute approximate surface area is 161 Å². The van der Waals surface area contributed by atoms with Gasteiger partial charge in [0.1, 0.15) is 5.75 Å². The van der Waals surface area contributed by atoms with Crippen molar-refractivity contribution in [2.45, 2.75) is 13.0 Å². The number of benzene rings is 1. The van der Waals surface area contributed by atoms with Crippen LogP contribution in [0, 0.1) is 0 Å². The highest BCUT2D eigenvalue weighted by atomic mass is 35.5. The molecule has 8 heteroatoms. The maximum Gasteiger partial charge on any atom is 0.202 e. The molecule has 7 nitrogen and oxygen atoms in total. The number of nitrogens with zero attached hydrogens (tertiary/aromatic N) is 2. The number of hydrogen-bond donors (Lipinski definition) is 4. The predicted octanol–water partition coefficient (Wildman–Crippen LogP) is 3.69. The lowest BCUT2D eigenvalue weighted by molar-refractivity contribution is 0.414. The maximum atomic E-state index is 6.23. The third-order valence-corrected chi connectivity index (χ3v) is 4.74. The summed E-state index contributed by atoms with van der Waals surface area (Å²) in [6, 6.07) is 7.83. The quantitative estimate of drug-likeness (QED) is 0.348. The van der Waals surface area contributed by atoms with E-state index >= 15 is 0 Å². The van der Waals surface area contributed by atoms with Crippen LogP contribution in [0.25, 0.3) is 22.1 Å². The Morgan fingerprint density at radius 3 is 3.04 bits per heavy atom. The number of hydrogen-bond acceptors (Lipinski definition) is 5. The minimum Gasteiger partial charge on any atom is -0.497 e. The minimum absolute atomic E-state index is 0.703. The Balaban J connectivity index is 1.28. The normalized spacial score (nSPS) is 11.3.